The van der Waals surface area contributed by atoms with E-state index in [0.29, 0.717) is 5.01 Å². The number of thiazole rings is 2. The molecule has 7 heteroatoms. The van der Waals surface area contributed by atoms with E-state index in [1.807, 2.05) is 29.7 Å². The number of rotatable bonds is 4. The minimum atomic E-state index is -0.960. The van der Waals surface area contributed by atoms with Gasteiger partial charge >= 0.3 is 5.97 Å². The normalized spacial score (nSPS) is 11.0. The highest BCUT2D eigenvalue weighted by molar-refractivity contribution is 7.14. The van der Waals surface area contributed by atoms with E-state index in [4.69, 9.17) is 5.11 Å². The smallest absolute Gasteiger partial charge is 0.347 e. The standard InChI is InChI=1S/C14H9N3O2S2/c18-14(19)11-7-16-12(21-11)5-4-9-8-20-13(17-9)10-3-1-2-6-15-10/h1-8H,(H,18,19)/b5-4-. The Balaban J connectivity index is 1.77. The van der Waals surface area contributed by atoms with Gasteiger partial charge in [-0.2, -0.15) is 0 Å². The van der Waals surface area contributed by atoms with Gasteiger partial charge in [0.15, 0.2) is 0 Å². The third-order valence-electron chi connectivity index (χ3n) is 2.54. The van der Waals surface area contributed by atoms with Crippen molar-refractivity contribution in [3.63, 3.8) is 0 Å². The van der Waals surface area contributed by atoms with Crippen LogP contribution in [0.25, 0.3) is 22.9 Å². The molecule has 1 N–H and O–H groups in total. The molecule has 3 heterocycles. The number of pyridine rings is 1. The third kappa shape index (κ3) is 3.21. The van der Waals surface area contributed by atoms with Crippen LogP contribution in [0.4, 0.5) is 0 Å². The van der Waals surface area contributed by atoms with Crippen LogP contribution in [0.3, 0.4) is 0 Å². The molecule has 104 valence electrons. The number of hydrogen-bond donors (Lipinski definition) is 1. The van der Waals surface area contributed by atoms with E-state index in [0.717, 1.165) is 27.7 Å². The summed E-state index contributed by atoms with van der Waals surface area (Å²) in [5.74, 6) is -0.960. The molecule has 0 unspecified atom stereocenters. The van der Waals surface area contributed by atoms with Gasteiger partial charge in [0.25, 0.3) is 0 Å². The van der Waals surface area contributed by atoms with Crippen LogP contribution < -0.4 is 0 Å². The van der Waals surface area contributed by atoms with Crippen molar-refractivity contribution in [1.82, 2.24) is 15.0 Å². The van der Waals surface area contributed by atoms with Crippen LogP contribution in [0.1, 0.15) is 20.4 Å². The van der Waals surface area contributed by atoms with Gasteiger partial charge in [0.05, 0.1) is 17.6 Å². The van der Waals surface area contributed by atoms with Crippen molar-refractivity contribution in [2.45, 2.75) is 0 Å². The van der Waals surface area contributed by atoms with E-state index in [1.165, 1.54) is 17.5 Å². The lowest BCUT2D eigenvalue weighted by Gasteiger charge is -1.91. The number of carboxylic acids is 1. The number of hydrogen-bond acceptors (Lipinski definition) is 6. The van der Waals surface area contributed by atoms with Gasteiger partial charge in [0.1, 0.15) is 14.9 Å². The van der Waals surface area contributed by atoms with E-state index in [1.54, 1.807) is 12.3 Å². The summed E-state index contributed by atoms with van der Waals surface area (Å²) in [4.78, 5) is 23.8. The first-order valence-corrected chi connectivity index (χ1v) is 7.66. The lowest BCUT2D eigenvalue weighted by atomic mass is 10.3. The Morgan fingerprint density at radius 1 is 1.24 bits per heavy atom. The molecule has 0 saturated heterocycles. The van der Waals surface area contributed by atoms with Crippen LogP contribution in [0.5, 0.6) is 0 Å². The molecule has 3 aromatic rings. The summed E-state index contributed by atoms with van der Waals surface area (Å²) in [6.45, 7) is 0. The van der Waals surface area contributed by atoms with Gasteiger partial charge in [0, 0.05) is 11.6 Å². The Kier molecular flexibility index (Phi) is 3.85. The van der Waals surface area contributed by atoms with Crippen molar-refractivity contribution in [3.05, 3.63) is 51.6 Å². The fourth-order valence-electron chi connectivity index (χ4n) is 1.59. The summed E-state index contributed by atoms with van der Waals surface area (Å²) in [6.07, 6.45) is 6.66. The first-order valence-electron chi connectivity index (χ1n) is 5.96. The molecular formula is C14H9N3O2S2. The number of aromatic carboxylic acids is 1. The maximum atomic E-state index is 10.8. The Hall–Kier alpha value is -2.38. The molecule has 21 heavy (non-hydrogen) atoms. The fraction of sp³-hybridized carbons (Fsp3) is 0. The molecule has 0 amide bonds. The van der Waals surface area contributed by atoms with Crippen LogP contribution in [-0.4, -0.2) is 26.0 Å². The average Bonchev–Trinajstić information content (AvgIpc) is 3.15. The molecule has 0 aromatic carbocycles. The monoisotopic (exact) mass is 315 g/mol. The molecule has 0 aliphatic heterocycles. The van der Waals surface area contributed by atoms with Crippen molar-refractivity contribution in [1.29, 1.82) is 0 Å². The molecule has 0 spiro atoms. The zero-order chi connectivity index (χ0) is 14.7. The molecule has 0 aliphatic carbocycles. The summed E-state index contributed by atoms with van der Waals surface area (Å²) >= 11 is 2.64. The highest BCUT2D eigenvalue weighted by atomic mass is 32.1. The second kappa shape index (κ2) is 5.94. The van der Waals surface area contributed by atoms with Gasteiger partial charge in [-0.3, -0.25) is 4.98 Å². The number of nitrogens with zero attached hydrogens (tertiary/aromatic N) is 3. The second-order valence-corrected chi connectivity index (χ2v) is 5.91. The van der Waals surface area contributed by atoms with Crippen molar-refractivity contribution < 1.29 is 9.90 Å². The number of aromatic nitrogens is 3. The minimum absolute atomic E-state index is 0.224. The average molecular weight is 315 g/mol. The van der Waals surface area contributed by atoms with E-state index in [2.05, 4.69) is 15.0 Å². The number of carbonyl (C=O) groups is 1. The highest BCUT2D eigenvalue weighted by Gasteiger charge is 2.07. The Labute approximate surface area is 128 Å². The van der Waals surface area contributed by atoms with Crippen LogP contribution in [0, 0.1) is 0 Å². The molecular weight excluding hydrogens is 306 g/mol. The molecule has 0 bridgehead atoms. The maximum Gasteiger partial charge on any atom is 0.347 e. The third-order valence-corrected chi connectivity index (χ3v) is 4.37. The van der Waals surface area contributed by atoms with Gasteiger partial charge in [-0.05, 0) is 24.3 Å². The van der Waals surface area contributed by atoms with Crippen molar-refractivity contribution in [2.75, 3.05) is 0 Å². The van der Waals surface area contributed by atoms with Crippen LogP contribution in [0.2, 0.25) is 0 Å². The molecule has 3 rings (SSSR count). The molecule has 0 radical (unpaired) electrons. The first-order chi connectivity index (χ1) is 10.2. The summed E-state index contributed by atoms with van der Waals surface area (Å²) in [6, 6.07) is 5.69. The Morgan fingerprint density at radius 3 is 2.86 bits per heavy atom. The lowest BCUT2D eigenvalue weighted by Crippen LogP contribution is -1.89. The molecule has 0 saturated carbocycles. The Bertz CT molecular complexity index is 793. The largest absolute Gasteiger partial charge is 0.477 e. The van der Waals surface area contributed by atoms with Gasteiger partial charge in [-0.15, -0.1) is 22.7 Å². The predicted octanol–water partition coefficient (Wildman–Crippen LogP) is 3.53. The second-order valence-electron chi connectivity index (χ2n) is 3.99. The van der Waals surface area contributed by atoms with Crippen molar-refractivity contribution >= 4 is 40.8 Å². The van der Waals surface area contributed by atoms with Crippen molar-refractivity contribution in [2.24, 2.45) is 0 Å². The first kappa shape index (κ1) is 13.6. The summed E-state index contributed by atoms with van der Waals surface area (Å²) in [5.41, 5.74) is 1.64. The molecule has 0 fully saturated rings. The highest BCUT2D eigenvalue weighted by Crippen LogP contribution is 2.23. The lowest BCUT2D eigenvalue weighted by molar-refractivity contribution is 0.0702. The quantitative estimate of drug-likeness (QED) is 0.797. The van der Waals surface area contributed by atoms with E-state index in [-0.39, 0.29) is 4.88 Å². The molecule has 0 aliphatic rings. The van der Waals surface area contributed by atoms with Crippen molar-refractivity contribution in [3.8, 4) is 10.7 Å². The predicted molar refractivity (Wildman–Crippen MR) is 83.3 cm³/mol. The van der Waals surface area contributed by atoms with Crippen LogP contribution in [0.15, 0.2) is 36.0 Å². The SMILES string of the molecule is O=C(O)c1cnc(/C=C\c2csc(-c3ccccn3)n2)s1. The molecule has 3 aromatic heterocycles. The van der Waals surface area contributed by atoms with Gasteiger partial charge in [0.2, 0.25) is 0 Å². The summed E-state index contributed by atoms with van der Waals surface area (Å²) in [7, 11) is 0. The topological polar surface area (TPSA) is 76.0 Å². The zero-order valence-corrected chi connectivity index (χ0v) is 12.3. The van der Waals surface area contributed by atoms with Gasteiger partial charge in [-0.1, -0.05) is 6.07 Å². The zero-order valence-electron chi connectivity index (χ0n) is 10.6. The van der Waals surface area contributed by atoms with Gasteiger partial charge in [-0.25, -0.2) is 14.8 Å². The maximum absolute atomic E-state index is 10.8. The van der Waals surface area contributed by atoms with E-state index < -0.39 is 5.97 Å². The minimum Gasteiger partial charge on any atom is -0.477 e. The molecule has 0 atom stereocenters. The Morgan fingerprint density at radius 2 is 2.14 bits per heavy atom. The van der Waals surface area contributed by atoms with Gasteiger partial charge < -0.3 is 5.11 Å². The summed E-state index contributed by atoms with van der Waals surface area (Å²) in [5, 5.41) is 12.3. The summed E-state index contributed by atoms with van der Waals surface area (Å²) < 4.78 is 0. The number of carboxylic acid groups (broad SMARTS) is 1. The van der Waals surface area contributed by atoms with E-state index in [9.17, 15) is 4.79 Å². The van der Waals surface area contributed by atoms with E-state index >= 15 is 0 Å². The molecule has 5 nitrogen and oxygen atoms in total. The van der Waals surface area contributed by atoms with Crippen LogP contribution >= 0.6 is 22.7 Å². The fourth-order valence-corrected chi connectivity index (χ4v) is 3.01. The van der Waals surface area contributed by atoms with Crippen LogP contribution in [-0.2, 0) is 0 Å².